The molecule has 1 aromatic heterocycles. The van der Waals surface area contributed by atoms with Crippen molar-refractivity contribution in [3.8, 4) is 0 Å². The van der Waals surface area contributed by atoms with E-state index in [0.717, 1.165) is 25.7 Å². The number of Topliss-reactive ketones (excluding diaryl/α,β-unsaturated/α-hetero) is 1. The summed E-state index contributed by atoms with van der Waals surface area (Å²) in [7, 11) is 3.94. The molecule has 1 fully saturated rings. The first-order valence-electron chi connectivity index (χ1n) is 7.73. The first-order chi connectivity index (χ1) is 10.1. The number of ketones is 1. The molecular formula is C16H25N3O2. The third-order valence-electron chi connectivity index (χ3n) is 3.93. The van der Waals surface area contributed by atoms with E-state index in [1.54, 1.807) is 0 Å². The summed E-state index contributed by atoms with van der Waals surface area (Å²) in [5.41, 5.74) is 0. The topological polar surface area (TPSA) is 59.2 Å². The molecule has 0 N–H and O–H groups in total. The molecule has 116 valence electrons. The second kappa shape index (κ2) is 7.50. The molecule has 21 heavy (non-hydrogen) atoms. The van der Waals surface area contributed by atoms with Crippen LogP contribution in [-0.2, 0) is 17.8 Å². The number of hydrogen-bond donors (Lipinski definition) is 0. The molecule has 1 aliphatic rings. The van der Waals surface area contributed by atoms with Gasteiger partial charge in [-0.3, -0.25) is 4.79 Å². The Hall–Kier alpha value is -1.49. The number of nitrogens with zero attached hydrogens (tertiary/aromatic N) is 3. The third-order valence-corrected chi connectivity index (χ3v) is 3.93. The lowest BCUT2D eigenvalue weighted by Crippen LogP contribution is -2.16. The molecule has 0 spiro atoms. The highest BCUT2D eigenvalue weighted by Crippen LogP contribution is 2.34. The van der Waals surface area contributed by atoms with Crippen molar-refractivity contribution in [1.82, 2.24) is 15.1 Å². The summed E-state index contributed by atoms with van der Waals surface area (Å²) >= 11 is 0. The van der Waals surface area contributed by atoms with E-state index in [1.165, 1.54) is 0 Å². The van der Waals surface area contributed by atoms with Crippen LogP contribution in [0.2, 0.25) is 0 Å². The van der Waals surface area contributed by atoms with Gasteiger partial charge in [-0.15, -0.1) is 10.2 Å². The smallest absolute Gasteiger partial charge is 0.230 e. The van der Waals surface area contributed by atoms with Gasteiger partial charge in [-0.2, -0.15) is 0 Å². The van der Waals surface area contributed by atoms with Gasteiger partial charge < -0.3 is 9.32 Å². The molecule has 0 saturated heterocycles. The van der Waals surface area contributed by atoms with Gasteiger partial charge in [0.15, 0.2) is 0 Å². The predicted molar refractivity (Wildman–Crippen MR) is 80.7 cm³/mol. The maximum absolute atomic E-state index is 12.0. The van der Waals surface area contributed by atoms with Crippen LogP contribution in [-0.4, -0.2) is 35.0 Å². The molecule has 1 aromatic rings. The van der Waals surface area contributed by atoms with Gasteiger partial charge in [0, 0.05) is 18.8 Å². The Morgan fingerprint density at radius 3 is 2.76 bits per heavy atom. The highest BCUT2D eigenvalue weighted by molar-refractivity contribution is 5.83. The molecule has 2 unspecified atom stereocenters. The lowest BCUT2D eigenvalue weighted by Gasteiger charge is -2.14. The molecule has 2 rings (SSSR count). The lowest BCUT2D eigenvalue weighted by atomic mass is 9.89. The first kappa shape index (κ1) is 15.9. The zero-order valence-corrected chi connectivity index (χ0v) is 13.2. The summed E-state index contributed by atoms with van der Waals surface area (Å²) in [4.78, 5) is 14.0. The summed E-state index contributed by atoms with van der Waals surface area (Å²) in [6, 6.07) is 0. The van der Waals surface area contributed by atoms with Crippen molar-refractivity contribution in [2.45, 2.75) is 45.6 Å². The Labute approximate surface area is 126 Å². The molecule has 0 aliphatic heterocycles. The fraction of sp³-hybridized carbons (Fsp3) is 0.688. The minimum atomic E-state index is 0.122. The van der Waals surface area contributed by atoms with Crippen molar-refractivity contribution in [2.24, 2.45) is 11.8 Å². The number of carbonyl (C=O) groups is 1. The van der Waals surface area contributed by atoms with Gasteiger partial charge in [0.05, 0.1) is 6.54 Å². The predicted octanol–water partition coefficient (Wildman–Crippen LogP) is 2.63. The van der Waals surface area contributed by atoms with Gasteiger partial charge in [0.1, 0.15) is 5.78 Å². The van der Waals surface area contributed by atoms with Gasteiger partial charge in [-0.1, -0.05) is 19.1 Å². The van der Waals surface area contributed by atoms with E-state index in [0.29, 0.717) is 36.4 Å². The van der Waals surface area contributed by atoms with Crippen molar-refractivity contribution in [2.75, 3.05) is 14.1 Å². The number of hydrogen-bond acceptors (Lipinski definition) is 5. The van der Waals surface area contributed by atoms with E-state index in [2.05, 4.69) is 29.3 Å². The van der Waals surface area contributed by atoms with Crippen LogP contribution in [0.15, 0.2) is 16.6 Å². The third kappa shape index (κ3) is 4.49. The molecule has 0 bridgehead atoms. The Kier molecular flexibility index (Phi) is 5.67. The van der Waals surface area contributed by atoms with Gasteiger partial charge in [-0.25, -0.2) is 0 Å². The number of rotatable bonds is 7. The van der Waals surface area contributed by atoms with E-state index in [9.17, 15) is 4.79 Å². The summed E-state index contributed by atoms with van der Waals surface area (Å²) in [5.74, 6) is 2.15. The van der Waals surface area contributed by atoms with Gasteiger partial charge in [0.2, 0.25) is 11.8 Å². The first-order valence-corrected chi connectivity index (χ1v) is 7.73. The summed E-state index contributed by atoms with van der Waals surface area (Å²) < 4.78 is 5.67. The largest absolute Gasteiger partial charge is 0.424 e. The Morgan fingerprint density at radius 2 is 2.05 bits per heavy atom. The average Bonchev–Trinajstić information content (AvgIpc) is 2.99. The van der Waals surface area contributed by atoms with Gasteiger partial charge in [-0.05, 0) is 39.3 Å². The molecule has 1 saturated carbocycles. The van der Waals surface area contributed by atoms with E-state index in [-0.39, 0.29) is 5.92 Å². The van der Waals surface area contributed by atoms with Crippen molar-refractivity contribution >= 4 is 5.78 Å². The maximum atomic E-state index is 12.0. The normalized spacial score (nSPS) is 22.8. The van der Waals surface area contributed by atoms with E-state index in [1.807, 2.05) is 19.0 Å². The number of allylic oxidation sites excluding steroid dienone is 2. The quantitative estimate of drug-likeness (QED) is 0.723. The Bertz CT molecular complexity index is 493. The fourth-order valence-corrected chi connectivity index (χ4v) is 2.88. The second-order valence-electron chi connectivity index (χ2n) is 6.02. The van der Waals surface area contributed by atoms with Crippen molar-refractivity contribution in [1.29, 1.82) is 0 Å². The monoisotopic (exact) mass is 291 g/mol. The van der Waals surface area contributed by atoms with Crippen molar-refractivity contribution in [3.05, 3.63) is 23.9 Å². The van der Waals surface area contributed by atoms with Crippen LogP contribution in [0.1, 0.15) is 44.4 Å². The molecule has 5 nitrogen and oxygen atoms in total. The molecule has 5 heteroatoms. The van der Waals surface area contributed by atoms with E-state index in [4.69, 9.17) is 4.42 Å². The summed E-state index contributed by atoms with van der Waals surface area (Å²) in [6.07, 6.45) is 8.47. The van der Waals surface area contributed by atoms with Crippen LogP contribution in [0.5, 0.6) is 0 Å². The fourth-order valence-electron chi connectivity index (χ4n) is 2.88. The standard InChI is InChI=1S/C16H25N3O2/c1-4-5-6-7-13-12(8-9-14(13)20)10-15-17-18-16(21-15)11-19(2)3/h5-6,12-13H,4,7-11H2,1-3H3/b6-5+. The highest BCUT2D eigenvalue weighted by Gasteiger charge is 2.34. The SMILES string of the molecule is CC/C=C/CC1C(=O)CCC1Cc1nnc(CN(C)C)o1. The molecule has 1 aliphatic carbocycles. The zero-order chi connectivity index (χ0) is 15.2. The minimum Gasteiger partial charge on any atom is -0.424 e. The molecule has 0 amide bonds. The second-order valence-corrected chi connectivity index (χ2v) is 6.02. The summed E-state index contributed by atoms with van der Waals surface area (Å²) in [6.45, 7) is 2.76. The minimum absolute atomic E-state index is 0.122. The van der Waals surface area contributed by atoms with Crippen LogP contribution in [0, 0.1) is 11.8 Å². The highest BCUT2D eigenvalue weighted by atomic mass is 16.4. The van der Waals surface area contributed by atoms with Gasteiger partial charge in [0.25, 0.3) is 0 Å². The maximum Gasteiger partial charge on any atom is 0.230 e. The zero-order valence-electron chi connectivity index (χ0n) is 13.2. The van der Waals surface area contributed by atoms with E-state index >= 15 is 0 Å². The van der Waals surface area contributed by atoms with Crippen LogP contribution in [0.25, 0.3) is 0 Å². The van der Waals surface area contributed by atoms with Crippen molar-refractivity contribution < 1.29 is 9.21 Å². The van der Waals surface area contributed by atoms with Crippen LogP contribution in [0.3, 0.4) is 0 Å². The summed E-state index contributed by atoms with van der Waals surface area (Å²) in [5, 5.41) is 8.18. The molecule has 0 radical (unpaired) electrons. The average molecular weight is 291 g/mol. The Balaban J connectivity index is 1.95. The molecular weight excluding hydrogens is 266 g/mol. The molecule has 2 atom stereocenters. The molecule has 1 heterocycles. The van der Waals surface area contributed by atoms with E-state index < -0.39 is 0 Å². The van der Waals surface area contributed by atoms with Crippen molar-refractivity contribution in [3.63, 3.8) is 0 Å². The Morgan fingerprint density at radius 1 is 1.29 bits per heavy atom. The van der Waals surface area contributed by atoms with Crippen LogP contribution in [0.4, 0.5) is 0 Å². The van der Waals surface area contributed by atoms with Crippen LogP contribution < -0.4 is 0 Å². The number of aromatic nitrogens is 2. The van der Waals surface area contributed by atoms with Crippen LogP contribution >= 0.6 is 0 Å². The van der Waals surface area contributed by atoms with Gasteiger partial charge >= 0.3 is 0 Å². The lowest BCUT2D eigenvalue weighted by molar-refractivity contribution is -0.121. The number of carbonyl (C=O) groups excluding carboxylic acids is 1. The molecule has 0 aromatic carbocycles.